The van der Waals surface area contributed by atoms with E-state index in [0.717, 1.165) is 22.1 Å². The molecule has 158 valence electrons. The summed E-state index contributed by atoms with van der Waals surface area (Å²) in [5.41, 5.74) is 8.70. The molecule has 0 atom stereocenters. The number of ketones is 1. The Kier molecular flexibility index (Phi) is 4.62. The van der Waals surface area contributed by atoms with Crippen molar-refractivity contribution >= 4 is 34.1 Å². The van der Waals surface area contributed by atoms with E-state index in [2.05, 4.69) is 25.3 Å². The average Bonchev–Trinajstić information content (AvgIpc) is 3.61. The van der Waals surface area contributed by atoms with Crippen LogP contribution in [0.15, 0.2) is 61.3 Å². The molecule has 1 amide bonds. The molecule has 8 heteroatoms. The van der Waals surface area contributed by atoms with Crippen LogP contribution in [0, 0.1) is 6.92 Å². The van der Waals surface area contributed by atoms with Gasteiger partial charge in [-0.3, -0.25) is 19.6 Å². The van der Waals surface area contributed by atoms with Crippen LogP contribution in [0.5, 0.6) is 0 Å². The first-order chi connectivity index (χ1) is 15.5. The molecule has 1 aliphatic carbocycles. The van der Waals surface area contributed by atoms with E-state index in [1.54, 1.807) is 43.1 Å². The van der Waals surface area contributed by atoms with Gasteiger partial charge in [-0.1, -0.05) is 6.07 Å². The summed E-state index contributed by atoms with van der Waals surface area (Å²) < 4.78 is 0. The number of nitrogen functional groups attached to an aromatic ring is 1. The molecular weight excluding hydrogens is 404 g/mol. The summed E-state index contributed by atoms with van der Waals surface area (Å²) in [6.45, 7) is 1.97. The Hall–Kier alpha value is -4.20. The molecule has 1 fully saturated rings. The van der Waals surface area contributed by atoms with Crippen LogP contribution < -0.4 is 11.1 Å². The van der Waals surface area contributed by atoms with E-state index in [-0.39, 0.29) is 5.82 Å². The van der Waals surface area contributed by atoms with E-state index in [9.17, 15) is 9.59 Å². The number of pyridine rings is 4. The molecule has 4 heterocycles. The summed E-state index contributed by atoms with van der Waals surface area (Å²) in [7, 11) is 0. The number of nitrogens with zero attached hydrogens (tertiary/aromatic N) is 4. The summed E-state index contributed by atoms with van der Waals surface area (Å²) in [5, 5.41) is 4.06. The number of amides is 1. The molecule has 0 aliphatic heterocycles. The Balaban J connectivity index is 1.44. The number of hydrogen-bond acceptors (Lipinski definition) is 7. The maximum absolute atomic E-state index is 12.9. The number of Topliss-reactive ketones (excluding diaryl/α,β-unsaturated/α-hetero) is 1. The third-order valence-corrected chi connectivity index (χ3v) is 5.91. The minimum Gasteiger partial charge on any atom is -0.383 e. The molecule has 4 aromatic heterocycles. The fourth-order valence-electron chi connectivity index (χ4n) is 3.92. The summed E-state index contributed by atoms with van der Waals surface area (Å²) in [5.74, 6) is -0.565. The molecule has 0 radical (unpaired) electrons. The predicted molar refractivity (Wildman–Crippen MR) is 121 cm³/mol. The van der Waals surface area contributed by atoms with Gasteiger partial charge in [0, 0.05) is 41.9 Å². The van der Waals surface area contributed by atoms with Crippen molar-refractivity contribution in [1.82, 2.24) is 19.9 Å². The van der Waals surface area contributed by atoms with Crippen LogP contribution in [0.25, 0.3) is 22.0 Å². The lowest BCUT2D eigenvalue weighted by molar-refractivity contribution is -0.136. The first kappa shape index (κ1) is 19.7. The number of hydrogen-bond donors (Lipinski definition) is 2. The Morgan fingerprint density at radius 1 is 1.06 bits per heavy atom. The number of carbonyl (C=O) groups excluding carboxylic acids is 2. The van der Waals surface area contributed by atoms with Gasteiger partial charge in [-0.2, -0.15) is 0 Å². The van der Waals surface area contributed by atoms with E-state index in [1.807, 2.05) is 25.1 Å². The molecule has 0 unspecified atom stereocenters. The molecule has 1 saturated carbocycles. The second-order valence-electron chi connectivity index (χ2n) is 7.98. The van der Waals surface area contributed by atoms with Crippen LogP contribution in [0.2, 0.25) is 0 Å². The number of carbonyl (C=O) groups is 2. The highest BCUT2D eigenvalue weighted by molar-refractivity contribution is 6.44. The molecule has 0 bridgehead atoms. The van der Waals surface area contributed by atoms with Gasteiger partial charge in [0.2, 0.25) is 5.78 Å². The molecule has 0 spiro atoms. The third-order valence-electron chi connectivity index (χ3n) is 5.91. The second-order valence-corrected chi connectivity index (χ2v) is 7.98. The van der Waals surface area contributed by atoms with Crippen LogP contribution in [0.3, 0.4) is 0 Å². The van der Waals surface area contributed by atoms with Crippen molar-refractivity contribution in [2.24, 2.45) is 0 Å². The fourth-order valence-corrected chi connectivity index (χ4v) is 3.92. The Morgan fingerprint density at radius 3 is 2.59 bits per heavy atom. The first-order valence-electron chi connectivity index (χ1n) is 10.2. The van der Waals surface area contributed by atoms with Gasteiger partial charge in [0.15, 0.2) is 0 Å². The van der Waals surface area contributed by atoms with E-state index in [1.165, 1.54) is 0 Å². The van der Waals surface area contributed by atoms with E-state index < -0.39 is 17.1 Å². The molecular formula is C24H20N6O2. The van der Waals surface area contributed by atoms with Gasteiger partial charge in [-0.25, -0.2) is 9.97 Å². The van der Waals surface area contributed by atoms with Gasteiger partial charge in [-0.05, 0) is 60.5 Å². The summed E-state index contributed by atoms with van der Waals surface area (Å²) in [6, 6.07) is 9.06. The zero-order chi connectivity index (χ0) is 22.3. The van der Waals surface area contributed by atoms with Crippen LogP contribution in [-0.2, 0) is 15.0 Å². The number of nitrogens with two attached hydrogens (primary N) is 1. The van der Waals surface area contributed by atoms with Crippen molar-refractivity contribution in [2.75, 3.05) is 11.1 Å². The topological polar surface area (TPSA) is 124 Å². The third kappa shape index (κ3) is 3.35. The number of aryl methyl sites for hydroxylation is 1. The van der Waals surface area contributed by atoms with E-state index in [4.69, 9.17) is 5.73 Å². The highest BCUT2D eigenvalue weighted by Crippen LogP contribution is 2.48. The summed E-state index contributed by atoms with van der Waals surface area (Å²) in [6.07, 6.45) is 9.55. The molecule has 32 heavy (non-hydrogen) atoms. The van der Waals surface area contributed by atoms with Crippen LogP contribution in [0.4, 0.5) is 11.6 Å². The molecule has 3 N–H and O–H groups in total. The maximum Gasteiger partial charge on any atom is 0.293 e. The number of rotatable bonds is 5. The lowest BCUT2D eigenvalue weighted by atomic mass is 9.92. The van der Waals surface area contributed by atoms with Crippen molar-refractivity contribution in [3.05, 3.63) is 72.4 Å². The van der Waals surface area contributed by atoms with Crippen molar-refractivity contribution < 1.29 is 9.59 Å². The van der Waals surface area contributed by atoms with Gasteiger partial charge in [0.05, 0.1) is 11.1 Å². The van der Waals surface area contributed by atoms with Crippen molar-refractivity contribution in [3.8, 4) is 11.3 Å². The maximum atomic E-state index is 12.9. The average molecular weight is 424 g/mol. The molecule has 0 saturated heterocycles. The number of fused-ring (bicyclic) bond motifs is 1. The number of anilines is 2. The molecule has 5 rings (SSSR count). The SMILES string of the molecule is Cc1ccncc1-c1cc2cc(NC(=O)C(=O)C3(c4cccnc4)CC3)ncc2c(N)n1. The largest absolute Gasteiger partial charge is 0.383 e. The molecule has 8 nitrogen and oxygen atoms in total. The smallest absolute Gasteiger partial charge is 0.293 e. The first-order valence-corrected chi connectivity index (χ1v) is 10.2. The van der Waals surface area contributed by atoms with Crippen LogP contribution in [0.1, 0.15) is 24.0 Å². The normalized spacial score (nSPS) is 14.2. The highest BCUT2D eigenvalue weighted by Gasteiger charge is 2.53. The molecule has 1 aliphatic rings. The van der Waals surface area contributed by atoms with Gasteiger partial charge in [0.1, 0.15) is 11.6 Å². The second kappa shape index (κ2) is 7.49. The quantitative estimate of drug-likeness (QED) is 0.471. The van der Waals surface area contributed by atoms with Gasteiger partial charge < -0.3 is 11.1 Å². The van der Waals surface area contributed by atoms with E-state index in [0.29, 0.717) is 29.7 Å². The fraction of sp³-hybridized carbons (Fsp3) is 0.167. The Bertz CT molecular complexity index is 1370. The summed E-state index contributed by atoms with van der Waals surface area (Å²) >= 11 is 0. The standard InChI is InChI=1S/C24H20N6O2/c1-14-4-8-27-12-17(14)19-9-15-10-20(28-13-18(15)22(25)29-19)30-23(32)21(31)24(5-6-24)16-3-2-7-26-11-16/h2-4,7-13H,5-6H2,1H3,(H2,25,29)(H,28,30,32). The monoisotopic (exact) mass is 424 g/mol. The van der Waals surface area contributed by atoms with Crippen molar-refractivity contribution in [1.29, 1.82) is 0 Å². The molecule has 0 aromatic carbocycles. The zero-order valence-corrected chi connectivity index (χ0v) is 17.4. The van der Waals surface area contributed by atoms with Crippen molar-refractivity contribution in [3.63, 3.8) is 0 Å². The van der Waals surface area contributed by atoms with Gasteiger partial charge >= 0.3 is 0 Å². The lowest BCUT2D eigenvalue weighted by Gasteiger charge is -2.14. The lowest BCUT2D eigenvalue weighted by Crippen LogP contribution is -2.33. The Morgan fingerprint density at radius 2 is 1.88 bits per heavy atom. The predicted octanol–water partition coefficient (Wildman–Crippen LogP) is 3.22. The minimum absolute atomic E-state index is 0.275. The van der Waals surface area contributed by atoms with Crippen LogP contribution >= 0.6 is 0 Å². The Labute approximate surface area is 184 Å². The van der Waals surface area contributed by atoms with Gasteiger partial charge in [-0.15, -0.1) is 0 Å². The van der Waals surface area contributed by atoms with Crippen LogP contribution in [-0.4, -0.2) is 31.6 Å². The van der Waals surface area contributed by atoms with Crippen molar-refractivity contribution in [2.45, 2.75) is 25.2 Å². The number of aromatic nitrogens is 4. The van der Waals surface area contributed by atoms with E-state index >= 15 is 0 Å². The van der Waals surface area contributed by atoms with Gasteiger partial charge in [0.25, 0.3) is 5.91 Å². The zero-order valence-electron chi connectivity index (χ0n) is 17.4. The number of nitrogens with one attached hydrogen (secondary N) is 1. The highest BCUT2D eigenvalue weighted by atomic mass is 16.2. The molecule has 4 aromatic rings. The summed E-state index contributed by atoms with van der Waals surface area (Å²) in [4.78, 5) is 42.6. The minimum atomic E-state index is -0.783.